The molecular formula is C20H18N4O3S2. The summed E-state index contributed by atoms with van der Waals surface area (Å²) in [6, 6.07) is 14.0. The summed E-state index contributed by atoms with van der Waals surface area (Å²) in [7, 11) is -1.90. The summed E-state index contributed by atoms with van der Waals surface area (Å²) in [5, 5.41) is 5.61. The number of anilines is 2. The van der Waals surface area contributed by atoms with Crippen LogP contribution in [0.15, 0.2) is 65.0 Å². The fourth-order valence-electron chi connectivity index (χ4n) is 3.07. The van der Waals surface area contributed by atoms with Gasteiger partial charge in [0.2, 0.25) is 5.91 Å². The van der Waals surface area contributed by atoms with Gasteiger partial charge in [-0.05, 0) is 30.3 Å². The Bertz CT molecular complexity index is 1320. The van der Waals surface area contributed by atoms with Crippen molar-refractivity contribution in [1.29, 1.82) is 0 Å². The zero-order valence-corrected chi connectivity index (χ0v) is 17.3. The highest BCUT2D eigenvalue weighted by molar-refractivity contribution is 7.93. The van der Waals surface area contributed by atoms with Crippen molar-refractivity contribution in [3.8, 4) is 11.3 Å². The molecule has 0 aliphatic heterocycles. The van der Waals surface area contributed by atoms with Gasteiger partial charge in [-0.3, -0.25) is 9.52 Å². The lowest BCUT2D eigenvalue weighted by molar-refractivity contribution is -0.114. The van der Waals surface area contributed by atoms with Crippen molar-refractivity contribution >= 4 is 49.0 Å². The lowest BCUT2D eigenvalue weighted by atomic mass is 10.1. The molecule has 29 heavy (non-hydrogen) atoms. The maximum absolute atomic E-state index is 13.0. The number of nitrogens with one attached hydrogen (secondary N) is 2. The zero-order chi connectivity index (χ0) is 20.6. The molecule has 0 radical (unpaired) electrons. The molecule has 0 unspecified atom stereocenters. The summed E-state index contributed by atoms with van der Waals surface area (Å²) in [4.78, 5) is 15.8. The average molecular weight is 427 g/mol. The number of thiazole rings is 1. The number of carbonyl (C=O) groups is 1. The number of hydrogen-bond acceptors (Lipinski definition) is 5. The molecule has 0 saturated carbocycles. The van der Waals surface area contributed by atoms with E-state index in [9.17, 15) is 13.2 Å². The summed E-state index contributed by atoms with van der Waals surface area (Å²) >= 11 is 1.31. The maximum Gasteiger partial charge on any atom is 0.262 e. The molecule has 0 aliphatic carbocycles. The Morgan fingerprint density at radius 1 is 1.14 bits per heavy atom. The number of amides is 1. The van der Waals surface area contributed by atoms with Crippen LogP contribution >= 0.6 is 11.3 Å². The van der Waals surface area contributed by atoms with Gasteiger partial charge in [0.05, 0.1) is 10.6 Å². The molecule has 0 aliphatic rings. The van der Waals surface area contributed by atoms with Crippen molar-refractivity contribution in [2.24, 2.45) is 7.05 Å². The molecule has 0 fully saturated rings. The van der Waals surface area contributed by atoms with E-state index in [1.54, 1.807) is 36.4 Å². The number of nitrogens with zero attached hydrogens (tertiary/aromatic N) is 2. The Balaban J connectivity index is 1.65. The predicted octanol–water partition coefficient (Wildman–Crippen LogP) is 4.06. The minimum Gasteiger partial charge on any atom is -0.351 e. The van der Waals surface area contributed by atoms with Crippen LogP contribution in [-0.2, 0) is 21.9 Å². The van der Waals surface area contributed by atoms with E-state index >= 15 is 0 Å². The first-order chi connectivity index (χ1) is 13.8. The van der Waals surface area contributed by atoms with Gasteiger partial charge in [-0.2, -0.15) is 0 Å². The number of hydrogen-bond donors (Lipinski definition) is 2. The fraction of sp³-hybridized carbons (Fsp3) is 0.100. The molecule has 2 heterocycles. The van der Waals surface area contributed by atoms with Crippen LogP contribution in [0.2, 0.25) is 0 Å². The fourth-order valence-corrected chi connectivity index (χ4v) is 5.11. The van der Waals surface area contributed by atoms with E-state index < -0.39 is 10.0 Å². The number of sulfonamides is 1. The first-order valence-corrected chi connectivity index (χ1v) is 11.1. The van der Waals surface area contributed by atoms with Crippen molar-refractivity contribution < 1.29 is 13.2 Å². The number of aromatic nitrogens is 2. The molecule has 2 N–H and O–H groups in total. The quantitative estimate of drug-likeness (QED) is 0.503. The molecule has 4 rings (SSSR count). The predicted molar refractivity (Wildman–Crippen MR) is 116 cm³/mol. The molecule has 0 spiro atoms. The van der Waals surface area contributed by atoms with Crippen LogP contribution in [0.4, 0.5) is 10.8 Å². The minimum atomic E-state index is -3.77. The molecule has 0 bridgehead atoms. The van der Waals surface area contributed by atoms with Gasteiger partial charge in [0, 0.05) is 47.7 Å². The third kappa shape index (κ3) is 3.87. The molecule has 4 aromatic rings. The highest BCUT2D eigenvalue weighted by atomic mass is 32.2. The molecule has 7 nitrogen and oxygen atoms in total. The Morgan fingerprint density at radius 2 is 1.93 bits per heavy atom. The van der Waals surface area contributed by atoms with E-state index in [4.69, 9.17) is 0 Å². The zero-order valence-electron chi connectivity index (χ0n) is 15.7. The smallest absolute Gasteiger partial charge is 0.262 e. The summed E-state index contributed by atoms with van der Waals surface area (Å²) in [6.45, 7) is 1.42. The summed E-state index contributed by atoms with van der Waals surface area (Å²) in [5.41, 5.74) is 2.68. The largest absolute Gasteiger partial charge is 0.351 e. The van der Waals surface area contributed by atoms with Crippen molar-refractivity contribution in [2.45, 2.75) is 11.8 Å². The maximum atomic E-state index is 13.0. The van der Waals surface area contributed by atoms with Crippen LogP contribution in [0.25, 0.3) is 22.2 Å². The molecule has 1 amide bonds. The third-order valence-corrected chi connectivity index (χ3v) is 6.57. The van der Waals surface area contributed by atoms with Crippen molar-refractivity contribution in [2.75, 3.05) is 10.0 Å². The monoisotopic (exact) mass is 426 g/mol. The van der Waals surface area contributed by atoms with Gasteiger partial charge in [-0.15, -0.1) is 11.3 Å². The average Bonchev–Trinajstić information content (AvgIpc) is 3.28. The second-order valence-corrected chi connectivity index (χ2v) is 9.03. The van der Waals surface area contributed by atoms with Crippen LogP contribution in [0, 0.1) is 0 Å². The molecule has 2 aromatic carbocycles. The van der Waals surface area contributed by atoms with Gasteiger partial charge < -0.3 is 9.88 Å². The van der Waals surface area contributed by atoms with E-state index in [-0.39, 0.29) is 10.8 Å². The molecule has 0 atom stereocenters. The minimum absolute atomic E-state index is 0.192. The Hall–Kier alpha value is -3.17. The van der Waals surface area contributed by atoms with E-state index in [1.807, 2.05) is 35.3 Å². The summed E-state index contributed by atoms with van der Waals surface area (Å²) in [6.07, 6.45) is 1.83. The van der Waals surface area contributed by atoms with Gasteiger partial charge in [0.15, 0.2) is 5.13 Å². The Kier molecular flexibility index (Phi) is 4.85. The van der Waals surface area contributed by atoms with Crippen LogP contribution in [0.1, 0.15) is 6.92 Å². The standard InChI is InChI=1S/C20H18N4O3S2/c1-13(25)21-20-22-17(12-28-20)14-5-3-6-15(11-14)23-29(26,27)19-8-4-7-18-16(19)9-10-24(18)2/h3-12,23H,1-2H3,(H,21,22,25). The van der Waals surface area contributed by atoms with Crippen molar-refractivity contribution in [1.82, 2.24) is 9.55 Å². The van der Waals surface area contributed by atoms with Gasteiger partial charge in [0.1, 0.15) is 0 Å². The van der Waals surface area contributed by atoms with E-state index in [1.165, 1.54) is 18.3 Å². The Labute approximate surface area is 172 Å². The number of carbonyl (C=O) groups excluding carboxylic acids is 1. The highest BCUT2D eigenvalue weighted by Gasteiger charge is 2.19. The van der Waals surface area contributed by atoms with E-state index in [2.05, 4.69) is 15.0 Å². The summed E-state index contributed by atoms with van der Waals surface area (Å²) in [5.74, 6) is -0.192. The third-order valence-electron chi connectivity index (χ3n) is 4.38. The summed E-state index contributed by atoms with van der Waals surface area (Å²) < 4.78 is 30.6. The molecule has 2 aromatic heterocycles. The van der Waals surface area contributed by atoms with Crippen LogP contribution in [0.3, 0.4) is 0 Å². The van der Waals surface area contributed by atoms with Crippen LogP contribution in [0.5, 0.6) is 0 Å². The van der Waals surface area contributed by atoms with Crippen LogP contribution in [-0.4, -0.2) is 23.9 Å². The second-order valence-electron chi connectivity index (χ2n) is 6.52. The number of fused-ring (bicyclic) bond motifs is 1. The van der Waals surface area contributed by atoms with E-state index in [0.717, 1.165) is 11.1 Å². The van der Waals surface area contributed by atoms with E-state index in [0.29, 0.717) is 21.9 Å². The lowest BCUT2D eigenvalue weighted by Gasteiger charge is -2.10. The van der Waals surface area contributed by atoms with Crippen molar-refractivity contribution in [3.63, 3.8) is 0 Å². The topological polar surface area (TPSA) is 93.1 Å². The number of rotatable bonds is 5. The number of benzene rings is 2. The lowest BCUT2D eigenvalue weighted by Crippen LogP contribution is -2.13. The SMILES string of the molecule is CC(=O)Nc1nc(-c2cccc(NS(=O)(=O)c3cccc4c3ccn4C)c2)cs1. The first-order valence-electron chi connectivity index (χ1n) is 8.74. The second kappa shape index (κ2) is 7.34. The number of aryl methyl sites for hydroxylation is 1. The van der Waals surface area contributed by atoms with Crippen LogP contribution < -0.4 is 10.0 Å². The van der Waals surface area contributed by atoms with Gasteiger partial charge in [-0.1, -0.05) is 18.2 Å². The van der Waals surface area contributed by atoms with Gasteiger partial charge >= 0.3 is 0 Å². The first kappa shape index (κ1) is 19.2. The van der Waals surface area contributed by atoms with Gasteiger partial charge in [-0.25, -0.2) is 13.4 Å². The highest BCUT2D eigenvalue weighted by Crippen LogP contribution is 2.29. The molecule has 0 saturated heterocycles. The molecule has 9 heteroatoms. The Morgan fingerprint density at radius 3 is 2.72 bits per heavy atom. The molecule has 148 valence electrons. The normalized spacial score (nSPS) is 11.5. The molecular weight excluding hydrogens is 408 g/mol. The van der Waals surface area contributed by atoms with Gasteiger partial charge in [0.25, 0.3) is 10.0 Å². The van der Waals surface area contributed by atoms with Crippen molar-refractivity contribution in [3.05, 3.63) is 60.1 Å².